The maximum absolute atomic E-state index is 13.2. The van der Waals surface area contributed by atoms with Gasteiger partial charge in [-0.1, -0.05) is 47.1 Å². The average molecular weight is 580 g/mol. The Hall–Kier alpha value is -3.25. The second-order valence-electron chi connectivity index (χ2n) is 9.41. The number of aryl methyl sites for hydroxylation is 2. The Morgan fingerprint density at radius 3 is 1.46 bits per heavy atom. The molecule has 0 aliphatic carbocycles. The molecule has 0 radical (unpaired) electrons. The van der Waals surface area contributed by atoms with E-state index in [1.54, 1.807) is 60.3 Å². The van der Waals surface area contributed by atoms with Gasteiger partial charge < -0.3 is 9.47 Å². The molecule has 0 aliphatic heterocycles. The zero-order chi connectivity index (χ0) is 28.4. The molecule has 0 spiro atoms. The molecule has 0 saturated heterocycles. The maximum Gasteiger partial charge on any atom is 0.343 e. The zero-order valence-electron chi connectivity index (χ0n) is 22.6. The van der Waals surface area contributed by atoms with Crippen LogP contribution < -0.4 is 9.47 Å². The summed E-state index contributed by atoms with van der Waals surface area (Å²) in [7, 11) is 0. The van der Waals surface area contributed by atoms with Gasteiger partial charge in [-0.3, -0.25) is 0 Å². The molecule has 7 heteroatoms. The number of hydrogen-bond donors (Lipinski definition) is 0. The fourth-order valence-electron chi connectivity index (χ4n) is 4.12. The Bertz CT molecular complexity index is 1580. The van der Waals surface area contributed by atoms with Crippen LogP contribution in [0.15, 0.2) is 70.5 Å². The van der Waals surface area contributed by atoms with E-state index < -0.39 is 11.9 Å². The second-order valence-corrected chi connectivity index (χ2v) is 11.3. The minimum absolute atomic E-state index is 0.200. The molecule has 0 N–H and O–H groups in total. The van der Waals surface area contributed by atoms with E-state index in [1.807, 2.05) is 20.8 Å². The highest BCUT2D eigenvalue weighted by atomic mass is 35.5. The molecule has 0 fully saturated rings. The van der Waals surface area contributed by atoms with Crippen molar-refractivity contribution in [2.24, 2.45) is 0 Å². The first kappa shape index (κ1) is 28.8. The summed E-state index contributed by atoms with van der Waals surface area (Å²) in [4.78, 5) is 28.4. The summed E-state index contributed by atoms with van der Waals surface area (Å²) in [5.74, 6) is -0.760. The molecule has 39 heavy (non-hydrogen) atoms. The summed E-state index contributed by atoms with van der Waals surface area (Å²) in [5, 5.41) is 1.02. The minimum atomic E-state index is -0.583. The van der Waals surface area contributed by atoms with Crippen molar-refractivity contribution in [2.45, 2.75) is 51.3 Å². The molecule has 0 aromatic heterocycles. The van der Waals surface area contributed by atoms with Gasteiger partial charge in [0, 0.05) is 25.4 Å². The van der Waals surface area contributed by atoms with Gasteiger partial charge in [0.05, 0.1) is 11.1 Å². The van der Waals surface area contributed by atoms with Crippen molar-refractivity contribution < 1.29 is 19.1 Å². The summed E-state index contributed by atoms with van der Waals surface area (Å²) in [6.07, 6.45) is 0. The standard InChI is InChI=1S/C32H28Cl2O4S/c1-17-7-8-18(2)29(19(17)3)39-30-21(5)20(4)27(37-31(35)23-9-13-25(33)14-10-23)28(22(30)6)38-32(36)24-11-15-26(34)16-12-24/h7-16H,1-6H3. The second kappa shape index (κ2) is 11.9. The predicted molar refractivity (Wildman–Crippen MR) is 158 cm³/mol. The molecule has 0 heterocycles. The summed E-state index contributed by atoms with van der Waals surface area (Å²) in [5.41, 5.74) is 6.52. The van der Waals surface area contributed by atoms with Crippen LogP contribution in [0.4, 0.5) is 0 Å². The van der Waals surface area contributed by atoms with Gasteiger partial charge in [0.25, 0.3) is 0 Å². The van der Waals surface area contributed by atoms with Crippen LogP contribution in [0.2, 0.25) is 10.0 Å². The van der Waals surface area contributed by atoms with Crippen LogP contribution in [0.3, 0.4) is 0 Å². The number of benzene rings is 4. The first-order valence-corrected chi connectivity index (χ1v) is 13.9. The van der Waals surface area contributed by atoms with E-state index in [1.165, 1.54) is 11.1 Å². The van der Waals surface area contributed by atoms with Crippen molar-refractivity contribution in [1.82, 2.24) is 0 Å². The number of rotatable bonds is 6. The van der Waals surface area contributed by atoms with Crippen LogP contribution in [0, 0.1) is 41.5 Å². The van der Waals surface area contributed by atoms with Crippen molar-refractivity contribution in [2.75, 3.05) is 0 Å². The molecule has 4 aromatic carbocycles. The number of carbonyl (C=O) groups excluding carboxylic acids is 2. The highest BCUT2D eigenvalue weighted by Crippen LogP contribution is 2.47. The molecule has 0 aliphatic rings. The Kier molecular flexibility index (Phi) is 8.75. The number of esters is 2. The third kappa shape index (κ3) is 6.17. The molecule has 4 nitrogen and oxygen atoms in total. The Labute approximate surface area is 243 Å². The Morgan fingerprint density at radius 1 is 0.538 bits per heavy atom. The van der Waals surface area contributed by atoms with Gasteiger partial charge in [-0.15, -0.1) is 0 Å². The van der Waals surface area contributed by atoms with Crippen molar-refractivity contribution in [3.8, 4) is 11.5 Å². The van der Waals surface area contributed by atoms with Crippen LogP contribution in [-0.4, -0.2) is 11.9 Å². The largest absolute Gasteiger partial charge is 0.419 e. The topological polar surface area (TPSA) is 52.6 Å². The highest BCUT2D eigenvalue weighted by molar-refractivity contribution is 7.99. The lowest BCUT2D eigenvalue weighted by atomic mass is 10.0. The number of halogens is 2. The third-order valence-electron chi connectivity index (χ3n) is 6.76. The van der Waals surface area contributed by atoms with Crippen molar-refractivity contribution in [1.29, 1.82) is 0 Å². The monoisotopic (exact) mass is 578 g/mol. The van der Waals surface area contributed by atoms with E-state index in [2.05, 4.69) is 32.9 Å². The molecular formula is C32H28Cl2O4S. The lowest BCUT2D eigenvalue weighted by Gasteiger charge is -2.22. The SMILES string of the molecule is Cc1ccc(C)c(Sc2c(C)c(C)c(OC(=O)c3ccc(Cl)cc3)c(OC(=O)c3ccc(Cl)cc3)c2C)c1C. The van der Waals surface area contributed by atoms with Gasteiger partial charge in [0.2, 0.25) is 0 Å². The molecule has 4 aromatic rings. The lowest BCUT2D eigenvalue weighted by Crippen LogP contribution is -2.15. The van der Waals surface area contributed by atoms with Crippen molar-refractivity contribution >= 4 is 46.9 Å². The third-order valence-corrected chi connectivity index (χ3v) is 8.91. The molecular weight excluding hydrogens is 551 g/mol. The molecule has 0 bridgehead atoms. The van der Waals surface area contributed by atoms with Gasteiger partial charge in [0.15, 0.2) is 11.5 Å². The fraction of sp³-hybridized carbons (Fsp3) is 0.188. The van der Waals surface area contributed by atoms with Crippen LogP contribution in [0.1, 0.15) is 54.1 Å². The summed E-state index contributed by atoms with van der Waals surface area (Å²) < 4.78 is 11.9. The lowest BCUT2D eigenvalue weighted by molar-refractivity contribution is 0.0679. The van der Waals surface area contributed by atoms with Gasteiger partial charge >= 0.3 is 11.9 Å². The van der Waals surface area contributed by atoms with Crippen LogP contribution in [0.25, 0.3) is 0 Å². The van der Waals surface area contributed by atoms with Gasteiger partial charge in [-0.25, -0.2) is 9.59 Å². The Morgan fingerprint density at radius 2 is 0.974 bits per heavy atom. The van der Waals surface area contributed by atoms with Crippen LogP contribution >= 0.6 is 35.0 Å². The van der Waals surface area contributed by atoms with E-state index in [9.17, 15) is 9.59 Å². The maximum atomic E-state index is 13.2. The quantitative estimate of drug-likeness (QED) is 0.168. The molecule has 200 valence electrons. The van der Waals surface area contributed by atoms with Crippen LogP contribution in [0.5, 0.6) is 11.5 Å². The molecule has 4 rings (SSSR count). The molecule has 0 amide bonds. The summed E-state index contributed by atoms with van der Waals surface area (Å²) in [6.45, 7) is 12.0. The highest BCUT2D eigenvalue weighted by Gasteiger charge is 2.26. The fourth-order valence-corrected chi connectivity index (χ4v) is 5.68. The number of hydrogen-bond acceptors (Lipinski definition) is 5. The van der Waals surface area contributed by atoms with Gasteiger partial charge in [-0.2, -0.15) is 0 Å². The van der Waals surface area contributed by atoms with Gasteiger partial charge in [0.1, 0.15) is 0 Å². The van der Waals surface area contributed by atoms with E-state index in [4.69, 9.17) is 32.7 Å². The first-order chi connectivity index (χ1) is 18.5. The number of carbonyl (C=O) groups is 2. The van der Waals surface area contributed by atoms with E-state index in [0.29, 0.717) is 32.3 Å². The molecule has 0 saturated carbocycles. The smallest absolute Gasteiger partial charge is 0.343 e. The minimum Gasteiger partial charge on any atom is -0.419 e. The average Bonchev–Trinajstić information content (AvgIpc) is 2.91. The predicted octanol–water partition coefficient (Wildman–Crippen LogP) is 9.43. The normalized spacial score (nSPS) is 10.9. The van der Waals surface area contributed by atoms with Crippen molar-refractivity contribution in [3.05, 3.63) is 115 Å². The van der Waals surface area contributed by atoms with Crippen LogP contribution in [-0.2, 0) is 0 Å². The van der Waals surface area contributed by atoms with E-state index >= 15 is 0 Å². The summed E-state index contributed by atoms with van der Waals surface area (Å²) >= 11 is 13.6. The molecule has 0 unspecified atom stereocenters. The van der Waals surface area contributed by atoms with Gasteiger partial charge in [-0.05, 0) is 118 Å². The number of ether oxygens (including phenoxy) is 2. The van der Waals surface area contributed by atoms with E-state index in [-0.39, 0.29) is 11.5 Å². The Balaban J connectivity index is 1.84. The van der Waals surface area contributed by atoms with E-state index in [0.717, 1.165) is 20.9 Å². The van der Waals surface area contributed by atoms with Crippen molar-refractivity contribution in [3.63, 3.8) is 0 Å². The summed E-state index contributed by atoms with van der Waals surface area (Å²) in [6, 6.07) is 17.1. The zero-order valence-corrected chi connectivity index (χ0v) is 24.9. The first-order valence-electron chi connectivity index (χ1n) is 12.3. The molecule has 0 atom stereocenters.